The number of nitrogens with one attached hydrogen (secondary N) is 1. The Morgan fingerprint density at radius 1 is 1.27 bits per heavy atom. The number of rotatable bonds is 5. The summed E-state index contributed by atoms with van der Waals surface area (Å²) in [5.41, 5.74) is 1.06. The summed E-state index contributed by atoms with van der Waals surface area (Å²) in [7, 11) is -3.17. The minimum absolute atomic E-state index is 0.239. The molecule has 26 heavy (non-hydrogen) atoms. The first-order valence-corrected chi connectivity index (χ1v) is 10.6. The molecule has 1 heterocycles. The van der Waals surface area contributed by atoms with E-state index >= 15 is 0 Å². The summed E-state index contributed by atoms with van der Waals surface area (Å²) in [6.07, 6.45) is 3.79. The first kappa shape index (κ1) is 19.1. The van der Waals surface area contributed by atoms with Crippen LogP contribution >= 0.6 is 0 Å². The van der Waals surface area contributed by atoms with Crippen LogP contribution in [0.3, 0.4) is 0 Å². The van der Waals surface area contributed by atoms with Gasteiger partial charge in [0.15, 0.2) is 5.58 Å². The molecule has 1 aliphatic carbocycles. The van der Waals surface area contributed by atoms with Crippen molar-refractivity contribution in [1.82, 2.24) is 4.98 Å². The molecule has 3 N–H and O–H groups in total. The number of benzene rings is 1. The Kier molecular flexibility index (Phi) is 5.25. The third kappa shape index (κ3) is 4.35. The minimum Gasteiger partial charge on any atom is -0.424 e. The van der Waals surface area contributed by atoms with Crippen LogP contribution in [-0.2, 0) is 10.0 Å². The smallest absolute Gasteiger partial charge is 0.298 e. The van der Waals surface area contributed by atoms with Gasteiger partial charge in [-0.15, -0.1) is 0 Å². The number of oxazole rings is 1. The average molecular weight is 384 g/mol. The summed E-state index contributed by atoms with van der Waals surface area (Å²) in [4.78, 5) is 4.28. The molecule has 1 aromatic carbocycles. The molecule has 0 atom stereocenters. The molecule has 0 bridgehead atoms. The molecule has 144 valence electrons. The van der Waals surface area contributed by atoms with Gasteiger partial charge in [0.2, 0.25) is 0 Å². The van der Waals surface area contributed by atoms with Gasteiger partial charge >= 0.3 is 0 Å². The molecule has 3 rings (SSSR count). The van der Waals surface area contributed by atoms with Crippen molar-refractivity contribution >= 4 is 27.1 Å². The highest BCUT2D eigenvalue weighted by atomic mass is 32.2. The fourth-order valence-corrected chi connectivity index (χ4v) is 4.22. The Morgan fingerprint density at radius 3 is 2.62 bits per heavy atom. The van der Waals surface area contributed by atoms with Crippen molar-refractivity contribution in [2.45, 2.75) is 57.2 Å². The number of nitrogens with zero attached hydrogens (tertiary/aromatic N) is 1. The van der Waals surface area contributed by atoms with E-state index in [9.17, 15) is 12.8 Å². The van der Waals surface area contributed by atoms with E-state index in [-0.39, 0.29) is 11.9 Å². The van der Waals surface area contributed by atoms with Crippen LogP contribution in [0.5, 0.6) is 0 Å². The summed E-state index contributed by atoms with van der Waals surface area (Å²) in [6, 6.07) is 4.93. The van der Waals surface area contributed by atoms with Gasteiger partial charge in [-0.1, -0.05) is 0 Å². The van der Waals surface area contributed by atoms with Crippen molar-refractivity contribution in [3.63, 3.8) is 0 Å². The molecule has 0 unspecified atom stereocenters. The maximum absolute atomic E-state index is 13.2. The molecule has 0 saturated heterocycles. The molecule has 0 amide bonds. The zero-order chi connectivity index (χ0) is 18.9. The maximum atomic E-state index is 13.2. The van der Waals surface area contributed by atoms with Gasteiger partial charge in [-0.25, -0.2) is 9.11 Å². The SMILES string of the molecule is CC(C)(C)S(=O)(=O)[NH2+]CC1CCC(Nc2nc3cc(F)ccc3o2)CC1. The molecule has 0 aliphatic heterocycles. The number of primary sulfonamides is 1. The second kappa shape index (κ2) is 7.15. The van der Waals surface area contributed by atoms with Gasteiger partial charge in [0.25, 0.3) is 16.0 Å². The number of nitrogens with two attached hydrogens (primary N) is 1. The number of quaternary nitrogens is 1. The van der Waals surface area contributed by atoms with Gasteiger partial charge in [0, 0.05) is 18.0 Å². The van der Waals surface area contributed by atoms with E-state index < -0.39 is 14.8 Å². The lowest BCUT2D eigenvalue weighted by Gasteiger charge is -2.28. The van der Waals surface area contributed by atoms with E-state index in [4.69, 9.17) is 4.42 Å². The predicted molar refractivity (Wildman–Crippen MR) is 98.8 cm³/mol. The minimum atomic E-state index is -3.17. The number of anilines is 1. The first-order chi connectivity index (χ1) is 12.1. The van der Waals surface area contributed by atoms with Crippen LogP contribution < -0.4 is 10.0 Å². The van der Waals surface area contributed by atoms with Crippen molar-refractivity contribution < 1.29 is 21.9 Å². The molecule has 1 saturated carbocycles. The molecule has 0 spiro atoms. The molecular weight excluding hydrogens is 357 g/mol. The fraction of sp³-hybridized carbons (Fsp3) is 0.611. The van der Waals surface area contributed by atoms with Crippen LogP contribution in [0, 0.1) is 11.7 Å². The molecule has 1 aromatic heterocycles. The summed E-state index contributed by atoms with van der Waals surface area (Å²) >= 11 is 0. The van der Waals surface area contributed by atoms with Crippen LogP contribution in [0.1, 0.15) is 46.5 Å². The van der Waals surface area contributed by atoms with Crippen LogP contribution in [-0.4, -0.2) is 30.7 Å². The molecular formula is C18H27FN3O3S+. The number of sulfonamides is 1. The third-order valence-electron chi connectivity index (χ3n) is 5.03. The van der Waals surface area contributed by atoms with E-state index in [1.165, 1.54) is 16.9 Å². The van der Waals surface area contributed by atoms with Gasteiger partial charge in [-0.2, -0.15) is 13.4 Å². The van der Waals surface area contributed by atoms with E-state index in [0.29, 0.717) is 29.6 Å². The zero-order valence-electron chi connectivity index (χ0n) is 15.5. The Labute approximate surface area is 153 Å². The quantitative estimate of drug-likeness (QED) is 0.827. The highest BCUT2D eigenvalue weighted by Gasteiger charge is 2.33. The number of hydrogen-bond acceptors (Lipinski definition) is 5. The Morgan fingerprint density at radius 2 is 1.96 bits per heavy atom. The van der Waals surface area contributed by atoms with Gasteiger partial charge in [0.1, 0.15) is 16.1 Å². The lowest BCUT2D eigenvalue weighted by Crippen LogP contribution is -2.91. The van der Waals surface area contributed by atoms with Crippen molar-refractivity contribution in [3.8, 4) is 0 Å². The molecule has 1 aliphatic rings. The molecule has 1 fully saturated rings. The zero-order valence-corrected chi connectivity index (χ0v) is 16.3. The maximum Gasteiger partial charge on any atom is 0.298 e. The summed E-state index contributed by atoms with van der Waals surface area (Å²) < 4.78 is 44.0. The van der Waals surface area contributed by atoms with Crippen molar-refractivity contribution in [1.29, 1.82) is 0 Å². The lowest BCUT2D eigenvalue weighted by atomic mass is 9.86. The number of halogens is 1. The van der Waals surface area contributed by atoms with E-state index in [1.54, 1.807) is 26.8 Å². The highest BCUT2D eigenvalue weighted by Crippen LogP contribution is 2.27. The molecule has 8 heteroatoms. The van der Waals surface area contributed by atoms with E-state index in [1.807, 2.05) is 0 Å². The molecule has 2 aromatic rings. The van der Waals surface area contributed by atoms with Crippen molar-refractivity contribution in [2.75, 3.05) is 11.9 Å². The summed E-state index contributed by atoms with van der Waals surface area (Å²) in [6.45, 7) is 5.79. The summed E-state index contributed by atoms with van der Waals surface area (Å²) in [5, 5.41) is 3.28. The summed E-state index contributed by atoms with van der Waals surface area (Å²) in [5.74, 6) is 0.0576. The van der Waals surface area contributed by atoms with Gasteiger partial charge in [-0.05, 0) is 58.6 Å². The van der Waals surface area contributed by atoms with Crippen molar-refractivity contribution in [2.24, 2.45) is 5.92 Å². The average Bonchev–Trinajstić information content (AvgIpc) is 2.94. The van der Waals surface area contributed by atoms with Gasteiger partial charge in [-0.3, -0.25) is 0 Å². The second-order valence-corrected chi connectivity index (χ2v) is 10.7. The highest BCUT2D eigenvalue weighted by molar-refractivity contribution is 7.86. The molecule has 6 nitrogen and oxygen atoms in total. The Bertz CT molecular complexity index is 865. The van der Waals surface area contributed by atoms with E-state index in [0.717, 1.165) is 25.7 Å². The second-order valence-electron chi connectivity index (χ2n) is 8.05. The fourth-order valence-electron chi connectivity index (χ4n) is 3.19. The topological polar surface area (TPSA) is 88.8 Å². The lowest BCUT2D eigenvalue weighted by molar-refractivity contribution is -0.507. The van der Waals surface area contributed by atoms with Crippen LogP contribution in [0.4, 0.5) is 10.4 Å². The van der Waals surface area contributed by atoms with Crippen LogP contribution in [0.15, 0.2) is 22.6 Å². The standard InChI is InChI=1S/C18H26FN3O3S/c1-18(2,3)26(23,24)20-11-12-4-7-14(8-5-12)21-17-22-15-10-13(19)6-9-16(15)25-17/h6,9-10,12,14,20H,4-5,7-8,11H2,1-3H3,(H,21,22)/p+1. The Hall–Kier alpha value is -1.67. The number of aromatic nitrogens is 1. The van der Waals surface area contributed by atoms with Crippen LogP contribution in [0.2, 0.25) is 0 Å². The third-order valence-corrected chi connectivity index (χ3v) is 7.36. The van der Waals surface area contributed by atoms with Crippen LogP contribution in [0.25, 0.3) is 11.1 Å². The Balaban J connectivity index is 1.50. The number of hydrogen-bond donors (Lipinski definition) is 2. The largest absolute Gasteiger partial charge is 0.424 e. The number of fused-ring (bicyclic) bond motifs is 1. The normalized spacial score (nSPS) is 21.8. The first-order valence-electron chi connectivity index (χ1n) is 9.04. The van der Waals surface area contributed by atoms with E-state index in [2.05, 4.69) is 10.3 Å². The van der Waals surface area contributed by atoms with Gasteiger partial charge in [0.05, 0.1) is 6.54 Å². The van der Waals surface area contributed by atoms with Crippen molar-refractivity contribution in [3.05, 3.63) is 24.0 Å². The predicted octanol–water partition coefficient (Wildman–Crippen LogP) is 2.63. The van der Waals surface area contributed by atoms with Gasteiger partial charge < -0.3 is 9.73 Å². The monoisotopic (exact) mass is 384 g/mol. The molecule has 0 radical (unpaired) electrons.